The quantitative estimate of drug-likeness (QED) is 0.544. The summed E-state index contributed by atoms with van der Waals surface area (Å²) in [6.45, 7) is 4.22. The summed E-state index contributed by atoms with van der Waals surface area (Å²) in [5.41, 5.74) is 1.77. The van der Waals surface area contributed by atoms with E-state index in [9.17, 15) is 9.59 Å². The number of ether oxygens (including phenoxy) is 1. The molecule has 0 aliphatic carbocycles. The van der Waals surface area contributed by atoms with Gasteiger partial charge in [0.2, 0.25) is 5.89 Å². The third-order valence-corrected chi connectivity index (χ3v) is 4.71. The fourth-order valence-electron chi connectivity index (χ4n) is 2.94. The third-order valence-electron chi connectivity index (χ3n) is 4.71. The minimum atomic E-state index is -0.532. The van der Waals surface area contributed by atoms with Crippen LogP contribution in [0.4, 0.5) is 5.69 Å². The van der Waals surface area contributed by atoms with Crippen molar-refractivity contribution < 1.29 is 13.9 Å². The fraction of sp³-hybridized carbons (Fsp3) is 0.182. The summed E-state index contributed by atoms with van der Waals surface area (Å²) in [7, 11) is 1.54. The van der Waals surface area contributed by atoms with Gasteiger partial charge in [-0.2, -0.15) is 0 Å². The first-order valence-electron chi connectivity index (χ1n) is 9.41. The molecule has 0 saturated heterocycles. The maximum atomic E-state index is 12.7. The number of hydrogen-bond donors (Lipinski definition) is 1. The van der Waals surface area contributed by atoms with E-state index in [-0.39, 0.29) is 17.4 Å². The number of carbonyl (C=O) groups is 1. The maximum Gasteiger partial charge on any atom is 0.328 e. The second-order valence-corrected chi connectivity index (χ2v) is 7.04. The number of aromatic nitrogens is 3. The lowest BCUT2D eigenvalue weighted by atomic mass is 10.0. The van der Waals surface area contributed by atoms with Gasteiger partial charge in [-0.25, -0.2) is 4.98 Å². The molecule has 4 aromatic rings. The molecule has 0 radical (unpaired) electrons. The summed E-state index contributed by atoms with van der Waals surface area (Å²) in [5.74, 6) is 0.915. The summed E-state index contributed by atoms with van der Waals surface area (Å²) in [6, 6.07) is 14.3. The first kappa shape index (κ1) is 19.4. The van der Waals surface area contributed by atoms with Crippen LogP contribution in [0.5, 0.6) is 5.75 Å². The molecule has 2 heterocycles. The summed E-state index contributed by atoms with van der Waals surface area (Å²) in [6.07, 6.45) is 1.26. The van der Waals surface area contributed by atoms with Crippen LogP contribution in [0.2, 0.25) is 0 Å². The molecule has 0 fully saturated rings. The van der Waals surface area contributed by atoms with E-state index in [2.05, 4.69) is 29.2 Å². The number of fused-ring (bicyclic) bond motifs is 1. The molecule has 0 aliphatic rings. The molecule has 1 N–H and O–H groups in total. The number of methoxy groups -OCH3 is 1. The van der Waals surface area contributed by atoms with E-state index in [1.54, 1.807) is 31.4 Å². The molecule has 0 bridgehead atoms. The number of nitrogens with zero attached hydrogens (tertiary/aromatic N) is 3. The molecule has 1 amide bonds. The van der Waals surface area contributed by atoms with Crippen molar-refractivity contribution >= 4 is 17.4 Å². The lowest BCUT2D eigenvalue weighted by Crippen LogP contribution is -2.23. The van der Waals surface area contributed by atoms with Crippen LogP contribution in [0.25, 0.3) is 17.3 Å². The van der Waals surface area contributed by atoms with Gasteiger partial charge in [0.05, 0.1) is 13.3 Å². The van der Waals surface area contributed by atoms with Crippen LogP contribution in [0, 0.1) is 0 Å². The minimum absolute atomic E-state index is 0.00308. The van der Waals surface area contributed by atoms with E-state index in [1.807, 2.05) is 24.3 Å². The Morgan fingerprint density at radius 2 is 1.80 bits per heavy atom. The average Bonchev–Trinajstić information content (AvgIpc) is 3.21. The Hall–Kier alpha value is -3.94. The van der Waals surface area contributed by atoms with Crippen molar-refractivity contribution in [2.75, 3.05) is 12.4 Å². The van der Waals surface area contributed by atoms with Gasteiger partial charge in [-0.3, -0.25) is 9.59 Å². The zero-order valence-electron chi connectivity index (χ0n) is 16.7. The normalized spacial score (nSPS) is 11.1. The Bertz CT molecular complexity index is 1260. The molecule has 0 aliphatic heterocycles. The van der Waals surface area contributed by atoms with Crippen LogP contribution in [0.1, 0.15) is 35.7 Å². The van der Waals surface area contributed by atoms with Crippen LogP contribution in [0.3, 0.4) is 0 Å². The van der Waals surface area contributed by atoms with Crippen molar-refractivity contribution in [3.05, 3.63) is 76.2 Å². The van der Waals surface area contributed by atoms with Crippen molar-refractivity contribution in [3.63, 3.8) is 0 Å². The largest absolute Gasteiger partial charge is 0.497 e. The SMILES string of the molecule is COc1ccc(C(=O)Nc2cnc3oc(-c4ccc(C(C)C)cc4)nn3c2=O)cc1. The van der Waals surface area contributed by atoms with E-state index in [0.717, 1.165) is 10.1 Å². The summed E-state index contributed by atoms with van der Waals surface area (Å²) in [5, 5.41) is 6.80. The van der Waals surface area contributed by atoms with E-state index < -0.39 is 11.5 Å². The molecule has 2 aromatic carbocycles. The van der Waals surface area contributed by atoms with Gasteiger partial charge < -0.3 is 14.5 Å². The summed E-state index contributed by atoms with van der Waals surface area (Å²) < 4.78 is 11.7. The molecular weight excluding hydrogens is 384 g/mol. The molecule has 4 rings (SSSR count). The number of amides is 1. The smallest absolute Gasteiger partial charge is 0.328 e. The molecular formula is C22H20N4O4. The highest BCUT2D eigenvalue weighted by Crippen LogP contribution is 2.22. The van der Waals surface area contributed by atoms with Crippen molar-refractivity contribution in [2.45, 2.75) is 19.8 Å². The van der Waals surface area contributed by atoms with Gasteiger partial charge >= 0.3 is 11.4 Å². The lowest BCUT2D eigenvalue weighted by molar-refractivity contribution is 0.102. The number of hydrogen-bond acceptors (Lipinski definition) is 6. The predicted octanol–water partition coefficient (Wildman–Crippen LogP) is 3.73. The molecule has 0 atom stereocenters. The highest BCUT2D eigenvalue weighted by atomic mass is 16.5. The zero-order chi connectivity index (χ0) is 21.3. The second kappa shape index (κ2) is 7.82. The van der Waals surface area contributed by atoms with Gasteiger partial charge in [-0.05, 0) is 47.9 Å². The Kier molecular flexibility index (Phi) is 5.05. The predicted molar refractivity (Wildman–Crippen MR) is 112 cm³/mol. The van der Waals surface area contributed by atoms with Crippen LogP contribution in [-0.4, -0.2) is 27.6 Å². The Balaban J connectivity index is 1.62. The summed E-state index contributed by atoms with van der Waals surface area (Å²) in [4.78, 5) is 29.3. The molecule has 0 saturated carbocycles. The van der Waals surface area contributed by atoms with Gasteiger partial charge in [0, 0.05) is 11.1 Å². The van der Waals surface area contributed by atoms with E-state index in [0.29, 0.717) is 17.2 Å². The van der Waals surface area contributed by atoms with Crippen molar-refractivity contribution in [1.29, 1.82) is 0 Å². The van der Waals surface area contributed by atoms with Crippen LogP contribution >= 0.6 is 0 Å². The van der Waals surface area contributed by atoms with Gasteiger partial charge in [0.1, 0.15) is 11.4 Å². The highest BCUT2D eigenvalue weighted by Gasteiger charge is 2.16. The second-order valence-electron chi connectivity index (χ2n) is 7.04. The first-order chi connectivity index (χ1) is 14.5. The highest BCUT2D eigenvalue weighted by molar-refractivity contribution is 6.04. The number of nitrogens with one attached hydrogen (secondary N) is 1. The van der Waals surface area contributed by atoms with Gasteiger partial charge in [-0.1, -0.05) is 26.0 Å². The van der Waals surface area contributed by atoms with Crippen LogP contribution < -0.4 is 15.6 Å². The first-order valence-corrected chi connectivity index (χ1v) is 9.41. The number of benzene rings is 2. The lowest BCUT2D eigenvalue weighted by Gasteiger charge is -2.05. The fourth-order valence-corrected chi connectivity index (χ4v) is 2.94. The molecule has 0 spiro atoms. The summed E-state index contributed by atoms with van der Waals surface area (Å²) >= 11 is 0. The van der Waals surface area contributed by atoms with Gasteiger partial charge in [0.25, 0.3) is 5.91 Å². The van der Waals surface area contributed by atoms with E-state index in [4.69, 9.17) is 9.15 Å². The zero-order valence-corrected chi connectivity index (χ0v) is 16.7. The molecule has 152 valence electrons. The van der Waals surface area contributed by atoms with Crippen LogP contribution in [0.15, 0.2) is 63.9 Å². The molecule has 8 heteroatoms. The molecule has 8 nitrogen and oxygen atoms in total. The number of rotatable bonds is 5. The third kappa shape index (κ3) is 3.67. The standard InChI is InChI=1S/C22H20N4O4/c1-13(2)14-4-6-16(7-5-14)20-25-26-21(28)18(12-23-22(26)30-20)24-19(27)15-8-10-17(29-3)11-9-15/h4-13H,1-3H3,(H,24,27). The minimum Gasteiger partial charge on any atom is -0.497 e. The van der Waals surface area contributed by atoms with E-state index in [1.165, 1.54) is 11.8 Å². The van der Waals surface area contributed by atoms with Gasteiger partial charge in [0.15, 0.2) is 0 Å². The van der Waals surface area contributed by atoms with E-state index >= 15 is 0 Å². The Morgan fingerprint density at radius 1 is 1.10 bits per heavy atom. The van der Waals surface area contributed by atoms with Crippen LogP contribution in [-0.2, 0) is 0 Å². The monoisotopic (exact) mass is 404 g/mol. The average molecular weight is 404 g/mol. The maximum absolute atomic E-state index is 12.7. The van der Waals surface area contributed by atoms with Gasteiger partial charge in [-0.15, -0.1) is 9.61 Å². The number of anilines is 1. The topological polar surface area (TPSA) is 98.7 Å². The van der Waals surface area contributed by atoms with Crippen molar-refractivity contribution in [1.82, 2.24) is 14.6 Å². The Morgan fingerprint density at radius 3 is 2.43 bits per heavy atom. The van der Waals surface area contributed by atoms with Crippen molar-refractivity contribution in [2.24, 2.45) is 0 Å². The molecule has 2 aromatic heterocycles. The molecule has 30 heavy (non-hydrogen) atoms. The Labute approximate surface area is 172 Å². The van der Waals surface area contributed by atoms with Crippen molar-refractivity contribution in [3.8, 4) is 17.2 Å². The molecule has 0 unspecified atom stereocenters. The number of carbonyl (C=O) groups excluding carboxylic acids is 1.